The van der Waals surface area contributed by atoms with Crippen LogP contribution in [0.3, 0.4) is 0 Å². The largest absolute Gasteiger partial charge is 0.356 e. The molecule has 1 N–H and O–H groups in total. The highest BCUT2D eigenvalue weighted by atomic mass is 16.1. The molecule has 1 amide bonds. The number of carbonyl (C=O) groups excluding carboxylic acids is 1. The summed E-state index contributed by atoms with van der Waals surface area (Å²) < 4.78 is 0. The van der Waals surface area contributed by atoms with E-state index in [1.54, 1.807) is 0 Å². The molecule has 0 aliphatic heterocycles. The molecule has 0 rings (SSSR count). The topological polar surface area (TPSA) is 56.1 Å². The summed E-state index contributed by atoms with van der Waals surface area (Å²) in [5.41, 5.74) is 0. The lowest BCUT2D eigenvalue weighted by Crippen LogP contribution is -2.31. The van der Waals surface area contributed by atoms with Gasteiger partial charge in [0.05, 0.1) is 12.6 Å². The second-order valence-electron chi connectivity index (χ2n) is 3.14. The highest BCUT2D eigenvalue weighted by Crippen LogP contribution is 1.93. The van der Waals surface area contributed by atoms with E-state index >= 15 is 0 Å². The number of nitrogens with one attached hydrogen (secondary N) is 1. The van der Waals surface area contributed by atoms with Gasteiger partial charge in [-0.1, -0.05) is 6.92 Å². The van der Waals surface area contributed by atoms with Crippen LogP contribution in [0.25, 0.3) is 0 Å². The molecule has 0 saturated carbocycles. The monoisotopic (exact) mass is 197 g/mol. The van der Waals surface area contributed by atoms with E-state index in [4.69, 9.17) is 5.26 Å². The lowest BCUT2D eigenvalue weighted by molar-refractivity contribution is -0.121. The fraction of sp³-hybridized carbons (Fsp3) is 0.800. The average molecular weight is 197 g/mol. The molecular weight excluding hydrogens is 178 g/mol. The molecule has 0 radical (unpaired) electrons. The van der Waals surface area contributed by atoms with Crippen LogP contribution >= 0.6 is 0 Å². The third kappa shape index (κ3) is 6.44. The minimum atomic E-state index is 0.0616. The van der Waals surface area contributed by atoms with Crippen molar-refractivity contribution >= 4 is 5.91 Å². The molecule has 0 unspecified atom stereocenters. The smallest absolute Gasteiger partial charge is 0.221 e. The summed E-state index contributed by atoms with van der Waals surface area (Å²) >= 11 is 0. The van der Waals surface area contributed by atoms with Crippen LogP contribution in [0.2, 0.25) is 0 Å². The van der Waals surface area contributed by atoms with Gasteiger partial charge >= 0.3 is 0 Å². The van der Waals surface area contributed by atoms with Crippen molar-refractivity contribution < 1.29 is 4.79 Å². The Bertz CT molecular complexity index is 198. The predicted octanol–water partition coefficient (Wildman–Crippen LogP) is 0.748. The van der Waals surface area contributed by atoms with E-state index in [1.165, 1.54) is 0 Å². The van der Waals surface area contributed by atoms with Gasteiger partial charge in [-0.15, -0.1) is 0 Å². The van der Waals surface area contributed by atoms with Crippen molar-refractivity contribution in [3.05, 3.63) is 0 Å². The minimum absolute atomic E-state index is 0.0616. The number of hydrogen-bond donors (Lipinski definition) is 1. The third-order valence-corrected chi connectivity index (χ3v) is 1.86. The minimum Gasteiger partial charge on any atom is -0.356 e. The molecule has 0 aromatic rings. The fourth-order valence-corrected chi connectivity index (χ4v) is 1.23. The van der Waals surface area contributed by atoms with E-state index in [-0.39, 0.29) is 5.91 Å². The van der Waals surface area contributed by atoms with Gasteiger partial charge in [0.15, 0.2) is 0 Å². The van der Waals surface area contributed by atoms with Gasteiger partial charge in [-0.05, 0) is 19.9 Å². The van der Waals surface area contributed by atoms with Crippen LogP contribution in [-0.4, -0.2) is 37.0 Å². The Kier molecular flexibility index (Phi) is 7.86. The third-order valence-electron chi connectivity index (χ3n) is 1.86. The molecule has 0 aliphatic carbocycles. The number of nitriles is 1. The van der Waals surface area contributed by atoms with Crippen molar-refractivity contribution in [2.45, 2.75) is 26.7 Å². The van der Waals surface area contributed by atoms with Gasteiger partial charge in [0.25, 0.3) is 0 Å². The van der Waals surface area contributed by atoms with Gasteiger partial charge in [-0.25, -0.2) is 0 Å². The van der Waals surface area contributed by atoms with Crippen molar-refractivity contribution in [3.8, 4) is 6.07 Å². The highest BCUT2D eigenvalue weighted by Gasteiger charge is 2.05. The lowest BCUT2D eigenvalue weighted by atomic mass is 10.3. The Hall–Kier alpha value is -1.08. The average Bonchev–Trinajstić information content (AvgIpc) is 2.15. The molecule has 0 spiro atoms. The van der Waals surface area contributed by atoms with Gasteiger partial charge in [0.1, 0.15) is 0 Å². The second kappa shape index (κ2) is 8.52. The standard InChI is InChI=1S/C10H19N3O/c1-3-7-13(9-6-11)8-5-10(14)12-4-2/h3-5,7-9H2,1-2H3,(H,12,14). The van der Waals surface area contributed by atoms with E-state index < -0.39 is 0 Å². The zero-order valence-corrected chi connectivity index (χ0v) is 9.05. The molecule has 0 saturated heterocycles. The van der Waals surface area contributed by atoms with Crippen LogP contribution in [0.5, 0.6) is 0 Å². The SMILES string of the molecule is CCCN(CC#N)CCC(=O)NCC. The molecule has 0 fully saturated rings. The second-order valence-corrected chi connectivity index (χ2v) is 3.14. The number of rotatable bonds is 7. The summed E-state index contributed by atoms with van der Waals surface area (Å²) in [4.78, 5) is 13.1. The summed E-state index contributed by atoms with van der Waals surface area (Å²) in [6.07, 6.45) is 1.49. The molecule has 0 heterocycles. The predicted molar refractivity (Wildman–Crippen MR) is 55.6 cm³/mol. The quantitative estimate of drug-likeness (QED) is 0.613. The highest BCUT2D eigenvalue weighted by molar-refractivity contribution is 5.75. The Morgan fingerprint density at radius 2 is 2.14 bits per heavy atom. The van der Waals surface area contributed by atoms with E-state index in [2.05, 4.69) is 18.3 Å². The number of nitrogens with zero attached hydrogens (tertiary/aromatic N) is 2. The molecule has 14 heavy (non-hydrogen) atoms. The molecule has 4 nitrogen and oxygen atoms in total. The maximum Gasteiger partial charge on any atom is 0.221 e. The maximum absolute atomic E-state index is 11.1. The summed E-state index contributed by atoms with van der Waals surface area (Å²) in [6, 6.07) is 2.10. The fourth-order valence-electron chi connectivity index (χ4n) is 1.23. The van der Waals surface area contributed by atoms with Crippen LogP contribution < -0.4 is 5.32 Å². The van der Waals surface area contributed by atoms with Crippen LogP contribution in [0.1, 0.15) is 26.7 Å². The molecule has 0 aromatic carbocycles. The van der Waals surface area contributed by atoms with Crippen molar-refractivity contribution in [1.82, 2.24) is 10.2 Å². The van der Waals surface area contributed by atoms with Gasteiger partial charge < -0.3 is 5.32 Å². The van der Waals surface area contributed by atoms with Crippen molar-refractivity contribution in [1.29, 1.82) is 5.26 Å². The molecule has 80 valence electrons. The molecular formula is C10H19N3O. The summed E-state index contributed by atoms with van der Waals surface area (Å²) in [6.45, 7) is 6.60. The van der Waals surface area contributed by atoms with E-state index in [9.17, 15) is 4.79 Å². The van der Waals surface area contributed by atoms with Crippen LogP contribution in [-0.2, 0) is 4.79 Å². The first-order valence-electron chi connectivity index (χ1n) is 5.10. The number of hydrogen-bond acceptors (Lipinski definition) is 3. The summed E-state index contributed by atoms with van der Waals surface area (Å²) in [5, 5.41) is 11.3. The zero-order valence-electron chi connectivity index (χ0n) is 9.05. The van der Waals surface area contributed by atoms with Crippen molar-refractivity contribution in [3.63, 3.8) is 0 Å². The van der Waals surface area contributed by atoms with E-state index in [1.807, 2.05) is 11.8 Å². The Labute approximate surface area is 85.9 Å². The van der Waals surface area contributed by atoms with E-state index in [0.29, 0.717) is 26.1 Å². The van der Waals surface area contributed by atoms with Crippen molar-refractivity contribution in [2.75, 3.05) is 26.2 Å². The maximum atomic E-state index is 11.1. The van der Waals surface area contributed by atoms with Crippen LogP contribution in [0.4, 0.5) is 0 Å². The van der Waals surface area contributed by atoms with Gasteiger partial charge in [0, 0.05) is 19.5 Å². The zero-order chi connectivity index (χ0) is 10.8. The Morgan fingerprint density at radius 3 is 2.64 bits per heavy atom. The van der Waals surface area contributed by atoms with Gasteiger partial charge in [-0.2, -0.15) is 5.26 Å². The number of carbonyl (C=O) groups is 1. The summed E-state index contributed by atoms with van der Waals surface area (Å²) in [5.74, 6) is 0.0616. The Balaban J connectivity index is 3.70. The summed E-state index contributed by atoms with van der Waals surface area (Å²) in [7, 11) is 0. The molecule has 0 aliphatic rings. The molecule has 0 bridgehead atoms. The molecule has 4 heteroatoms. The van der Waals surface area contributed by atoms with E-state index in [0.717, 1.165) is 13.0 Å². The first kappa shape index (κ1) is 12.9. The lowest BCUT2D eigenvalue weighted by Gasteiger charge is -2.17. The first-order chi connectivity index (χ1) is 6.74. The Morgan fingerprint density at radius 1 is 1.43 bits per heavy atom. The van der Waals surface area contributed by atoms with Gasteiger partial charge in [0.2, 0.25) is 5.91 Å². The number of amides is 1. The molecule has 0 atom stereocenters. The van der Waals surface area contributed by atoms with Crippen LogP contribution in [0, 0.1) is 11.3 Å². The molecule has 0 aromatic heterocycles. The van der Waals surface area contributed by atoms with Crippen molar-refractivity contribution in [2.24, 2.45) is 0 Å². The normalized spacial score (nSPS) is 9.86. The first-order valence-corrected chi connectivity index (χ1v) is 5.10. The van der Waals surface area contributed by atoms with Crippen LogP contribution in [0.15, 0.2) is 0 Å². The van der Waals surface area contributed by atoms with Gasteiger partial charge in [-0.3, -0.25) is 9.69 Å².